The maximum atomic E-state index is 12.9. The quantitative estimate of drug-likeness (QED) is 0.662. The van der Waals surface area contributed by atoms with Crippen LogP contribution in [0.15, 0.2) is 22.6 Å². The maximum absolute atomic E-state index is 12.9. The number of amides is 1. The van der Waals surface area contributed by atoms with Gasteiger partial charge in [0.15, 0.2) is 5.71 Å². The number of nitrogens with zero attached hydrogens (tertiary/aromatic N) is 2. The van der Waals surface area contributed by atoms with Crippen molar-refractivity contribution in [3.05, 3.63) is 29.3 Å². The maximum Gasteiger partial charge on any atom is 0.417 e. The molecular formula is C15H16F3N3O2S. The second-order valence-electron chi connectivity index (χ2n) is 5.86. The zero-order valence-electron chi connectivity index (χ0n) is 13.5. The van der Waals surface area contributed by atoms with Gasteiger partial charge in [0.25, 0.3) is 5.91 Å². The van der Waals surface area contributed by atoms with Crippen LogP contribution in [-0.2, 0) is 22.3 Å². The number of hydrogen-bond donors (Lipinski definition) is 1. The molecular weight excluding hydrogens is 343 g/mol. The van der Waals surface area contributed by atoms with Gasteiger partial charge in [0.05, 0.1) is 17.2 Å². The molecule has 0 aromatic heterocycles. The molecule has 1 atom stereocenters. The van der Waals surface area contributed by atoms with Gasteiger partial charge in [-0.15, -0.1) is 0 Å². The molecule has 0 aliphatic carbocycles. The van der Waals surface area contributed by atoms with Gasteiger partial charge in [-0.25, -0.2) is 0 Å². The predicted octanol–water partition coefficient (Wildman–Crippen LogP) is 3.44. The molecule has 0 bridgehead atoms. The van der Waals surface area contributed by atoms with Crippen molar-refractivity contribution in [1.29, 1.82) is 5.26 Å². The summed E-state index contributed by atoms with van der Waals surface area (Å²) >= 11 is -1.67. The number of benzene rings is 1. The second kappa shape index (κ2) is 7.23. The summed E-state index contributed by atoms with van der Waals surface area (Å²) in [5.41, 5.74) is -1.95. The highest BCUT2D eigenvalue weighted by molar-refractivity contribution is 7.91. The molecule has 24 heavy (non-hydrogen) atoms. The van der Waals surface area contributed by atoms with Crippen LogP contribution in [0.5, 0.6) is 0 Å². The summed E-state index contributed by atoms with van der Waals surface area (Å²) in [6.07, 6.45) is -4.72. The van der Waals surface area contributed by atoms with Crippen LogP contribution in [0.3, 0.4) is 0 Å². The molecule has 1 unspecified atom stereocenters. The molecule has 1 rings (SSSR count). The molecule has 0 aliphatic heterocycles. The van der Waals surface area contributed by atoms with Crippen LogP contribution in [0.2, 0.25) is 0 Å². The highest BCUT2D eigenvalue weighted by atomic mass is 32.2. The molecule has 1 amide bonds. The topological polar surface area (TPSA) is 88.3 Å². The third kappa shape index (κ3) is 5.25. The van der Waals surface area contributed by atoms with Gasteiger partial charge in [-0.05, 0) is 45.9 Å². The molecule has 0 heterocycles. The first-order valence-electron chi connectivity index (χ1n) is 6.76. The van der Waals surface area contributed by atoms with Crippen LogP contribution in [0.25, 0.3) is 0 Å². The highest BCUT2D eigenvalue weighted by Crippen LogP contribution is 2.33. The lowest BCUT2D eigenvalue weighted by atomic mass is 10.1. The van der Waals surface area contributed by atoms with E-state index in [4.69, 9.17) is 5.26 Å². The van der Waals surface area contributed by atoms with Gasteiger partial charge in [-0.1, -0.05) is 4.40 Å². The van der Waals surface area contributed by atoms with Gasteiger partial charge in [0.1, 0.15) is 16.1 Å². The summed E-state index contributed by atoms with van der Waals surface area (Å²) in [7, 11) is 0. The fourth-order valence-corrected chi connectivity index (χ4v) is 2.08. The van der Waals surface area contributed by atoms with E-state index >= 15 is 0 Å². The van der Waals surface area contributed by atoms with E-state index in [2.05, 4.69) is 9.71 Å². The lowest BCUT2D eigenvalue weighted by molar-refractivity contribution is -0.137. The van der Waals surface area contributed by atoms with Gasteiger partial charge in [0.2, 0.25) is 0 Å². The molecule has 9 heteroatoms. The Kier molecular flexibility index (Phi) is 6.03. The van der Waals surface area contributed by atoms with Crippen LogP contribution < -0.4 is 5.32 Å². The molecule has 0 fully saturated rings. The fraction of sp³-hybridized carbons (Fsp3) is 0.400. The van der Waals surface area contributed by atoms with Gasteiger partial charge in [-0.2, -0.15) is 18.4 Å². The number of nitriles is 1. The van der Waals surface area contributed by atoms with E-state index in [-0.39, 0.29) is 11.4 Å². The van der Waals surface area contributed by atoms with E-state index in [1.807, 2.05) is 0 Å². The third-order valence-corrected chi connectivity index (χ3v) is 4.26. The average Bonchev–Trinajstić information content (AvgIpc) is 2.45. The van der Waals surface area contributed by atoms with Crippen molar-refractivity contribution >= 4 is 28.7 Å². The molecule has 0 aliphatic rings. The summed E-state index contributed by atoms with van der Waals surface area (Å²) in [5, 5.41) is 11.0. The zero-order valence-corrected chi connectivity index (χ0v) is 14.3. The third-order valence-electron chi connectivity index (χ3n) is 2.78. The average molecular weight is 359 g/mol. The van der Waals surface area contributed by atoms with E-state index in [0.29, 0.717) is 6.07 Å². The number of nitrogens with one attached hydrogen (secondary N) is 1. The molecule has 0 spiro atoms. The number of anilines is 1. The zero-order chi connectivity index (χ0) is 18.7. The predicted molar refractivity (Wildman–Crippen MR) is 85.8 cm³/mol. The molecule has 0 saturated heterocycles. The number of alkyl halides is 3. The van der Waals surface area contributed by atoms with E-state index in [1.165, 1.54) is 19.1 Å². The van der Waals surface area contributed by atoms with Crippen LogP contribution in [0, 0.1) is 11.3 Å². The Hall–Kier alpha value is -2.05. The largest absolute Gasteiger partial charge is 0.591 e. The van der Waals surface area contributed by atoms with Crippen molar-refractivity contribution in [2.24, 2.45) is 4.40 Å². The van der Waals surface area contributed by atoms with Gasteiger partial charge >= 0.3 is 6.18 Å². The van der Waals surface area contributed by atoms with Crippen molar-refractivity contribution in [3.63, 3.8) is 0 Å². The second-order valence-corrected chi connectivity index (χ2v) is 7.77. The van der Waals surface area contributed by atoms with Crippen LogP contribution in [0.1, 0.15) is 38.8 Å². The van der Waals surface area contributed by atoms with Crippen molar-refractivity contribution in [2.45, 2.75) is 38.6 Å². The molecule has 1 aromatic rings. The Labute approximate surface area is 140 Å². The Bertz CT molecular complexity index is 703. The lowest BCUT2D eigenvalue weighted by Crippen LogP contribution is -2.29. The molecule has 130 valence electrons. The molecule has 1 N–H and O–H groups in total. The summed E-state index contributed by atoms with van der Waals surface area (Å²) in [6, 6.07) is 4.27. The van der Waals surface area contributed by atoms with E-state index in [0.717, 1.165) is 6.07 Å². The highest BCUT2D eigenvalue weighted by Gasteiger charge is 2.34. The van der Waals surface area contributed by atoms with Gasteiger partial charge < -0.3 is 9.87 Å². The van der Waals surface area contributed by atoms with Gasteiger partial charge in [-0.3, -0.25) is 4.79 Å². The minimum atomic E-state index is -4.72. The first-order chi connectivity index (χ1) is 10.9. The standard InChI is InChI=1S/C15H16F3N3O2S/c1-9(21-24(23)14(2,3)4)13(22)20-11-6-5-10(8-19)12(7-11)15(16,17)18/h5-7H,1-4H3,(H,20,22)/b21-9-. The summed E-state index contributed by atoms with van der Waals surface area (Å²) < 4.78 is 53.6. The number of carbonyl (C=O) groups is 1. The lowest BCUT2D eigenvalue weighted by Gasteiger charge is -2.18. The SMILES string of the molecule is C/C(=N/[S+]([O-])C(C)(C)C)C(=O)Nc1ccc(C#N)c(C(F)(F)F)c1. The molecule has 0 saturated carbocycles. The first-order valence-corrected chi connectivity index (χ1v) is 7.87. The number of rotatable bonds is 3. The summed E-state index contributed by atoms with van der Waals surface area (Å²) in [6.45, 7) is 6.34. The monoisotopic (exact) mass is 359 g/mol. The van der Waals surface area contributed by atoms with Crippen LogP contribution in [0.4, 0.5) is 18.9 Å². The van der Waals surface area contributed by atoms with Gasteiger partial charge in [0, 0.05) is 5.69 Å². The summed E-state index contributed by atoms with van der Waals surface area (Å²) in [5.74, 6) is -0.773. The van der Waals surface area contributed by atoms with E-state index < -0.39 is 39.3 Å². The Morgan fingerprint density at radius 1 is 1.33 bits per heavy atom. The number of carbonyl (C=O) groups excluding carboxylic acids is 1. The molecule has 0 radical (unpaired) electrons. The summed E-state index contributed by atoms with van der Waals surface area (Å²) in [4.78, 5) is 12.0. The Balaban J connectivity index is 3.04. The van der Waals surface area contributed by atoms with E-state index in [9.17, 15) is 22.5 Å². The number of halogens is 3. The van der Waals surface area contributed by atoms with Crippen LogP contribution in [-0.4, -0.2) is 20.9 Å². The molecule has 1 aromatic carbocycles. The number of hydrogen-bond acceptors (Lipinski definition) is 4. The van der Waals surface area contributed by atoms with E-state index in [1.54, 1.807) is 20.8 Å². The van der Waals surface area contributed by atoms with Crippen molar-refractivity contribution < 1.29 is 22.5 Å². The normalized spacial score (nSPS) is 14.0. The van der Waals surface area contributed by atoms with Crippen molar-refractivity contribution in [3.8, 4) is 6.07 Å². The smallest absolute Gasteiger partial charge is 0.417 e. The van der Waals surface area contributed by atoms with Crippen LogP contribution >= 0.6 is 0 Å². The minimum absolute atomic E-state index is 0.124. The first kappa shape index (κ1) is 20.0. The fourth-order valence-electron chi connectivity index (χ4n) is 1.48. The Morgan fingerprint density at radius 3 is 2.38 bits per heavy atom. The van der Waals surface area contributed by atoms with Crippen molar-refractivity contribution in [2.75, 3.05) is 5.32 Å². The Morgan fingerprint density at radius 2 is 1.92 bits per heavy atom. The van der Waals surface area contributed by atoms with Crippen molar-refractivity contribution in [1.82, 2.24) is 0 Å². The molecule has 5 nitrogen and oxygen atoms in total. The minimum Gasteiger partial charge on any atom is -0.591 e.